The van der Waals surface area contributed by atoms with Crippen molar-refractivity contribution in [3.8, 4) is 0 Å². The third-order valence-corrected chi connectivity index (χ3v) is 4.52. The maximum Gasteiger partial charge on any atom is 0.433 e. The fraction of sp³-hybridized carbons (Fsp3) is 0.316. The molecule has 1 unspecified atom stereocenters. The average Bonchev–Trinajstić information content (AvgIpc) is 3.21. The van der Waals surface area contributed by atoms with Crippen LogP contribution in [-0.4, -0.2) is 25.8 Å². The summed E-state index contributed by atoms with van der Waals surface area (Å²) >= 11 is 0. The molecule has 3 aromatic rings. The topological polar surface area (TPSA) is 86.5 Å². The molecule has 0 aromatic carbocycles. The molecule has 6 nitrogen and oxygen atoms in total. The maximum absolute atomic E-state index is 12.6. The molecule has 0 saturated heterocycles. The molecule has 0 bridgehead atoms. The van der Waals surface area contributed by atoms with Gasteiger partial charge in [0.15, 0.2) is 0 Å². The van der Waals surface area contributed by atoms with Gasteiger partial charge in [-0.1, -0.05) is 6.07 Å². The Labute approximate surface area is 159 Å². The molecule has 3 heterocycles. The molecule has 0 aliphatic heterocycles. The minimum Gasteiger partial charge on any atom is -0.357 e. The molecule has 0 aliphatic carbocycles. The number of carbonyl (C=O) groups excluding carboxylic acids is 1. The average molecular weight is 391 g/mol. The summed E-state index contributed by atoms with van der Waals surface area (Å²) in [5.74, 6) is 0.494. The maximum atomic E-state index is 12.6. The highest BCUT2D eigenvalue weighted by molar-refractivity contribution is 5.94. The summed E-state index contributed by atoms with van der Waals surface area (Å²) in [4.78, 5) is 26.2. The number of nitrogens with zero attached hydrogens (tertiary/aromatic N) is 2. The first kappa shape index (κ1) is 19.7. The van der Waals surface area contributed by atoms with Gasteiger partial charge < -0.3 is 15.3 Å². The predicted octanol–water partition coefficient (Wildman–Crippen LogP) is 3.85. The molecule has 1 atom stereocenters. The van der Waals surface area contributed by atoms with E-state index in [0.29, 0.717) is 17.7 Å². The molecule has 3 aromatic heterocycles. The molecular formula is C19H20F3N5O. The molecular weight excluding hydrogens is 371 g/mol. The van der Waals surface area contributed by atoms with Crippen molar-refractivity contribution < 1.29 is 18.0 Å². The fourth-order valence-corrected chi connectivity index (χ4v) is 2.88. The van der Waals surface area contributed by atoms with Crippen LogP contribution in [0.1, 0.15) is 57.4 Å². The Morgan fingerprint density at radius 2 is 1.96 bits per heavy atom. The van der Waals surface area contributed by atoms with E-state index >= 15 is 0 Å². The van der Waals surface area contributed by atoms with Gasteiger partial charge in [-0.05, 0) is 43.5 Å². The van der Waals surface area contributed by atoms with Gasteiger partial charge in [-0.2, -0.15) is 13.2 Å². The summed E-state index contributed by atoms with van der Waals surface area (Å²) in [6.07, 6.45) is 0.475. The number of amides is 1. The number of aryl methyl sites for hydroxylation is 1. The largest absolute Gasteiger partial charge is 0.433 e. The van der Waals surface area contributed by atoms with Crippen LogP contribution in [0.3, 0.4) is 0 Å². The second-order valence-electron chi connectivity index (χ2n) is 6.66. The third-order valence-electron chi connectivity index (χ3n) is 4.52. The van der Waals surface area contributed by atoms with Gasteiger partial charge in [-0.25, -0.2) is 4.98 Å². The van der Waals surface area contributed by atoms with Crippen molar-refractivity contribution in [2.45, 2.75) is 39.4 Å². The van der Waals surface area contributed by atoms with Gasteiger partial charge in [0.2, 0.25) is 0 Å². The molecule has 3 rings (SSSR count). The second kappa shape index (κ2) is 7.49. The number of H-pyrrole nitrogens is 2. The van der Waals surface area contributed by atoms with E-state index in [-0.39, 0.29) is 11.9 Å². The Balaban J connectivity index is 1.70. The molecule has 0 radical (unpaired) electrons. The van der Waals surface area contributed by atoms with Crippen LogP contribution >= 0.6 is 0 Å². The highest BCUT2D eigenvalue weighted by atomic mass is 19.4. The molecule has 28 heavy (non-hydrogen) atoms. The first-order chi connectivity index (χ1) is 13.1. The highest BCUT2D eigenvalue weighted by Gasteiger charge is 2.32. The van der Waals surface area contributed by atoms with E-state index in [9.17, 15) is 18.0 Å². The standard InChI is InChI=1S/C19H20F3N5O/c1-10-14(6-13-4-5-16(24-7-13)19(20,21)22)8-25-17(10)18(28)26-11(2)15-9-23-12(3)27-15/h4-5,7-9,11,25H,6H2,1-3H3,(H,23,27)(H,26,28). The highest BCUT2D eigenvalue weighted by Crippen LogP contribution is 2.27. The SMILES string of the molecule is Cc1ncc(C(C)NC(=O)c2[nH]cc(Cc3ccc(C(F)(F)F)nc3)c2C)[nH]1. The quantitative estimate of drug-likeness (QED) is 0.617. The number of halogens is 3. The minimum absolute atomic E-state index is 0.251. The number of alkyl halides is 3. The van der Waals surface area contributed by atoms with Crippen LogP contribution in [0.4, 0.5) is 13.2 Å². The van der Waals surface area contributed by atoms with E-state index in [1.54, 1.807) is 19.3 Å². The lowest BCUT2D eigenvalue weighted by atomic mass is 10.0. The number of carbonyl (C=O) groups is 1. The van der Waals surface area contributed by atoms with Crippen LogP contribution in [0.25, 0.3) is 0 Å². The molecule has 0 spiro atoms. The predicted molar refractivity (Wildman–Crippen MR) is 96.8 cm³/mol. The Hall–Kier alpha value is -3.10. The van der Waals surface area contributed by atoms with Crippen molar-refractivity contribution in [3.05, 3.63) is 70.3 Å². The van der Waals surface area contributed by atoms with Gasteiger partial charge in [-0.3, -0.25) is 9.78 Å². The van der Waals surface area contributed by atoms with Gasteiger partial charge in [0, 0.05) is 18.8 Å². The summed E-state index contributed by atoms with van der Waals surface area (Å²) < 4.78 is 37.8. The van der Waals surface area contributed by atoms with E-state index in [1.165, 1.54) is 12.3 Å². The number of aromatic amines is 2. The Bertz CT molecular complexity index is 972. The van der Waals surface area contributed by atoms with Crippen LogP contribution < -0.4 is 5.32 Å². The minimum atomic E-state index is -4.46. The number of hydrogen-bond donors (Lipinski definition) is 3. The lowest BCUT2D eigenvalue weighted by Crippen LogP contribution is -2.27. The lowest BCUT2D eigenvalue weighted by molar-refractivity contribution is -0.141. The van der Waals surface area contributed by atoms with Gasteiger partial charge in [0.05, 0.1) is 17.9 Å². The number of hydrogen-bond acceptors (Lipinski definition) is 3. The second-order valence-corrected chi connectivity index (χ2v) is 6.66. The number of rotatable bonds is 5. The summed E-state index contributed by atoms with van der Waals surface area (Å²) in [6.45, 7) is 5.47. The summed E-state index contributed by atoms with van der Waals surface area (Å²) in [6, 6.07) is 2.10. The third kappa shape index (κ3) is 4.24. The van der Waals surface area contributed by atoms with E-state index in [1.807, 2.05) is 13.8 Å². The van der Waals surface area contributed by atoms with Crippen LogP contribution in [0, 0.1) is 13.8 Å². The normalized spacial score (nSPS) is 12.8. The lowest BCUT2D eigenvalue weighted by Gasteiger charge is -2.12. The molecule has 3 N–H and O–H groups in total. The number of pyridine rings is 1. The van der Waals surface area contributed by atoms with Crippen molar-refractivity contribution in [1.29, 1.82) is 0 Å². The van der Waals surface area contributed by atoms with E-state index in [2.05, 4.69) is 25.3 Å². The van der Waals surface area contributed by atoms with Crippen LogP contribution in [0.2, 0.25) is 0 Å². The molecule has 0 saturated carbocycles. The van der Waals surface area contributed by atoms with Crippen LogP contribution in [0.5, 0.6) is 0 Å². The first-order valence-electron chi connectivity index (χ1n) is 8.66. The Kier molecular flexibility index (Phi) is 5.26. The zero-order chi connectivity index (χ0) is 20.5. The molecule has 1 amide bonds. The van der Waals surface area contributed by atoms with Gasteiger partial charge in [-0.15, -0.1) is 0 Å². The van der Waals surface area contributed by atoms with Crippen LogP contribution in [0.15, 0.2) is 30.7 Å². The molecule has 0 fully saturated rings. The molecule has 0 aliphatic rings. The summed E-state index contributed by atoms with van der Waals surface area (Å²) in [7, 11) is 0. The Morgan fingerprint density at radius 1 is 1.21 bits per heavy atom. The van der Waals surface area contributed by atoms with Crippen molar-refractivity contribution >= 4 is 5.91 Å². The Morgan fingerprint density at radius 3 is 2.54 bits per heavy atom. The zero-order valence-electron chi connectivity index (χ0n) is 15.6. The smallest absolute Gasteiger partial charge is 0.357 e. The van der Waals surface area contributed by atoms with Crippen molar-refractivity contribution in [2.24, 2.45) is 0 Å². The monoisotopic (exact) mass is 391 g/mol. The van der Waals surface area contributed by atoms with Crippen molar-refractivity contribution in [2.75, 3.05) is 0 Å². The number of imidazole rings is 1. The molecule has 148 valence electrons. The summed E-state index contributed by atoms with van der Waals surface area (Å²) in [5, 5.41) is 2.89. The van der Waals surface area contributed by atoms with Crippen molar-refractivity contribution in [3.63, 3.8) is 0 Å². The van der Waals surface area contributed by atoms with Gasteiger partial charge in [0.25, 0.3) is 5.91 Å². The van der Waals surface area contributed by atoms with Crippen LogP contribution in [-0.2, 0) is 12.6 Å². The van der Waals surface area contributed by atoms with E-state index in [4.69, 9.17) is 0 Å². The van der Waals surface area contributed by atoms with E-state index in [0.717, 1.165) is 28.7 Å². The van der Waals surface area contributed by atoms with Crippen molar-refractivity contribution in [1.82, 2.24) is 25.3 Å². The number of nitrogens with one attached hydrogen (secondary N) is 3. The van der Waals surface area contributed by atoms with Gasteiger partial charge in [0.1, 0.15) is 17.2 Å². The summed E-state index contributed by atoms with van der Waals surface area (Å²) in [5.41, 5.74) is 2.47. The number of aromatic nitrogens is 4. The zero-order valence-corrected chi connectivity index (χ0v) is 15.6. The first-order valence-corrected chi connectivity index (χ1v) is 8.66. The fourth-order valence-electron chi connectivity index (χ4n) is 2.88. The molecule has 9 heteroatoms. The van der Waals surface area contributed by atoms with Gasteiger partial charge >= 0.3 is 6.18 Å². The van der Waals surface area contributed by atoms with E-state index < -0.39 is 11.9 Å².